The number of hydrogen-bond donors (Lipinski definition) is 0. The zero-order valence-electron chi connectivity index (χ0n) is 37.0. The average Bonchev–Trinajstić information content (AvgIpc) is 3.85. The summed E-state index contributed by atoms with van der Waals surface area (Å²) in [6.07, 6.45) is 7.75. The monoisotopic (exact) mass is 840 g/mol. The lowest BCUT2D eigenvalue weighted by Crippen LogP contribution is -2.36. The highest BCUT2D eigenvalue weighted by molar-refractivity contribution is 6.19. The summed E-state index contributed by atoms with van der Waals surface area (Å²) < 4.78 is 0. The Morgan fingerprint density at radius 3 is 1.09 bits per heavy atom. The van der Waals surface area contributed by atoms with Crippen molar-refractivity contribution < 1.29 is 0 Å². The minimum Gasteiger partial charge on any atom is -0.254 e. The van der Waals surface area contributed by atoms with E-state index in [4.69, 9.17) is 9.97 Å². The molecule has 3 aliphatic carbocycles. The molecule has 0 radical (unpaired) electrons. The maximum absolute atomic E-state index is 5.01. The minimum absolute atomic E-state index is 0.252. The van der Waals surface area contributed by atoms with Crippen LogP contribution in [-0.4, -0.2) is 19.9 Å². The van der Waals surface area contributed by atoms with Crippen molar-refractivity contribution in [3.8, 4) is 66.8 Å². The van der Waals surface area contributed by atoms with Crippen LogP contribution in [0.2, 0.25) is 0 Å². The summed E-state index contributed by atoms with van der Waals surface area (Å²) in [5.41, 5.74) is 24.0. The first-order valence-electron chi connectivity index (χ1n) is 23.0. The second-order valence-corrected chi connectivity index (χ2v) is 19.9. The Bertz CT molecular complexity index is 3960. The third kappa shape index (κ3) is 4.68. The van der Waals surface area contributed by atoms with E-state index < -0.39 is 0 Å². The maximum atomic E-state index is 5.01. The number of hydrogen-bond acceptors (Lipinski definition) is 4. The lowest BCUT2D eigenvalue weighted by Gasteiger charge is -2.44. The first kappa shape index (κ1) is 36.3. The molecule has 308 valence electrons. The van der Waals surface area contributed by atoms with Crippen LogP contribution in [0.25, 0.3) is 132 Å². The Hall–Kier alpha value is -8.08. The SMILES string of the molecule is CC1(C)c2cc3c(cc2C(C)(C)c2cc4c(cc21)-c1cc(-c2cnc5c(ccc6cccnc65)c2)cc2cccc-4c12)-c1cc(-c2cnc4c(ccc5cccnc54)c2)cc2cccc-3c12. The summed E-state index contributed by atoms with van der Waals surface area (Å²) in [7, 11) is 0. The van der Waals surface area contributed by atoms with Crippen molar-refractivity contribution in [2.45, 2.75) is 38.5 Å². The highest BCUT2D eigenvalue weighted by Crippen LogP contribution is 2.59. The lowest BCUT2D eigenvalue weighted by atomic mass is 9.59. The van der Waals surface area contributed by atoms with Crippen LogP contribution in [-0.2, 0) is 10.8 Å². The molecule has 0 aliphatic heterocycles. The van der Waals surface area contributed by atoms with E-state index in [1.54, 1.807) is 0 Å². The van der Waals surface area contributed by atoms with Crippen LogP contribution in [0.15, 0.2) is 170 Å². The van der Waals surface area contributed by atoms with Gasteiger partial charge in [0.25, 0.3) is 0 Å². The summed E-state index contributed by atoms with van der Waals surface area (Å²) in [5.74, 6) is 0. The van der Waals surface area contributed by atoms with Gasteiger partial charge in [-0.25, -0.2) is 0 Å². The largest absolute Gasteiger partial charge is 0.254 e. The van der Waals surface area contributed by atoms with Gasteiger partial charge in [-0.3, -0.25) is 19.9 Å². The van der Waals surface area contributed by atoms with Gasteiger partial charge in [-0.2, -0.15) is 0 Å². The Kier molecular flexibility index (Phi) is 6.80. The Labute approximate surface area is 381 Å². The molecule has 0 spiro atoms. The van der Waals surface area contributed by atoms with Gasteiger partial charge < -0.3 is 0 Å². The van der Waals surface area contributed by atoms with Crippen LogP contribution in [0.5, 0.6) is 0 Å². The van der Waals surface area contributed by atoms with Crippen molar-refractivity contribution in [3.63, 3.8) is 0 Å². The minimum atomic E-state index is -0.252. The van der Waals surface area contributed by atoms with Crippen LogP contribution in [0.3, 0.4) is 0 Å². The summed E-state index contributed by atoms with van der Waals surface area (Å²) in [5, 5.41) is 9.59. The lowest BCUT2D eigenvalue weighted by molar-refractivity contribution is 0.521. The van der Waals surface area contributed by atoms with E-state index in [0.29, 0.717) is 0 Å². The first-order valence-corrected chi connectivity index (χ1v) is 23.0. The number of fused-ring (bicyclic) bond motifs is 14. The van der Waals surface area contributed by atoms with E-state index in [-0.39, 0.29) is 10.8 Å². The standard InChI is InChI=1S/C62H40N4/c1-61(2)51-27-45-43-13-5-9-35-21-40(42-24-38-18-16-34-12-8-20-64-58(34)60(38)66-32-42)26-50(55(35)43)48(45)30-54(51)62(3,4)52-28-46-44-14-6-10-36-22-39(25-49(56(36)44)47(46)29-53(52)61)41-23-37-17-15-33-11-7-19-63-57(33)59(37)65-31-41/h5-32H,1-4H3. The van der Waals surface area contributed by atoms with Crippen LogP contribution in [0.1, 0.15) is 49.9 Å². The number of aromatic nitrogens is 4. The van der Waals surface area contributed by atoms with E-state index in [9.17, 15) is 0 Å². The fraction of sp³-hybridized carbons (Fsp3) is 0.0968. The van der Waals surface area contributed by atoms with E-state index in [1.165, 1.54) is 99.4 Å². The quantitative estimate of drug-likeness (QED) is 0.163. The van der Waals surface area contributed by atoms with Crippen molar-refractivity contribution in [1.82, 2.24) is 19.9 Å². The molecule has 4 heteroatoms. The molecule has 3 aliphatic rings. The van der Waals surface area contributed by atoms with Gasteiger partial charge in [0.2, 0.25) is 0 Å². The molecule has 0 N–H and O–H groups in total. The molecule has 0 amide bonds. The van der Waals surface area contributed by atoms with Crippen molar-refractivity contribution >= 4 is 65.2 Å². The first-order chi connectivity index (χ1) is 32.2. The summed E-state index contributed by atoms with van der Waals surface area (Å²) in [6.45, 7) is 9.77. The smallest absolute Gasteiger partial charge is 0.0964 e. The summed E-state index contributed by atoms with van der Waals surface area (Å²) in [4.78, 5) is 19.4. The van der Waals surface area contributed by atoms with Gasteiger partial charge in [0.05, 0.1) is 22.1 Å². The zero-order chi connectivity index (χ0) is 43.8. The number of rotatable bonds is 2. The molecule has 0 saturated heterocycles. The van der Waals surface area contributed by atoms with Crippen molar-refractivity contribution in [3.05, 3.63) is 193 Å². The second kappa shape index (κ2) is 12.4. The van der Waals surface area contributed by atoms with Gasteiger partial charge in [0, 0.05) is 68.3 Å². The van der Waals surface area contributed by atoms with E-state index in [1.807, 2.05) is 36.9 Å². The Morgan fingerprint density at radius 2 is 0.652 bits per heavy atom. The van der Waals surface area contributed by atoms with Gasteiger partial charge in [-0.15, -0.1) is 0 Å². The number of pyridine rings is 4. The molecule has 0 unspecified atom stereocenters. The van der Waals surface area contributed by atoms with Gasteiger partial charge in [-0.1, -0.05) is 100 Å². The maximum Gasteiger partial charge on any atom is 0.0964 e. The molecular weight excluding hydrogens is 801 g/mol. The highest BCUT2D eigenvalue weighted by Gasteiger charge is 2.44. The molecular formula is C62H40N4. The third-order valence-electron chi connectivity index (χ3n) is 15.6. The van der Waals surface area contributed by atoms with E-state index in [0.717, 1.165) is 54.7 Å². The zero-order valence-corrected chi connectivity index (χ0v) is 37.0. The fourth-order valence-electron chi connectivity index (χ4n) is 12.3. The molecule has 8 aromatic carbocycles. The van der Waals surface area contributed by atoms with E-state index >= 15 is 0 Å². The molecule has 15 rings (SSSR count). The van der Waals surface area contributed by atoms with Gasteiger partial charge >= 0.3 is 0 Å². The number of benzene rings is 8. The molecule has 0 fully saturated rings. The van der Waals surface area contributed by atoms with Gasteiger partial charge in [0.1, 0.15) is 0 Å². The van der Waals surface area contributed by atoms with Gasteiger partial charge in [0.15, 0.2) is 0 Å². The van der Waals surface area contributed by atoms with Crippen molar-refractivity contribution in [2.24, 2.45) is 0 Å². The molecule has 66 heavy (non-hydrogen) atoms. The Balaban J connectivity index is 0.874. The summed E-state index contributed by atoms with van der Waals surface area (Å²) >= 11 is 0. The van der Waals surface area contributed by atoms with Crippen LogP contribution >= 0.6 is 0 Å². The topological polar surface area (TPSA) is 51.6 Å². The average molecular weight is 841 g/mol. The molecule has 4 aromatic heterocycles. The number of nitrogens with zero attached hydrogens (tertiary/aromatic N) is 4. The van der Waals surface area contributed by atoms with Crippen molar-refractivity contribution in [2.75, 3.05) is 0 Å². The molecule has 12 aromatic rings. The Morgan fingerprint density at radius 1 is 0.288 bits per heavy atom. The normalized spacial score (nSPS) is 14.6. The van der Waals surface area contributed by atoms with Crippen LogP contribution < -0.4 is 0 Å². The predicted octanol–water partition coefficient (Wildman–Crippen LogP) is 15.8. The highest BCUT2D eigenvalue weighted by atomic mass is 14.7. The van der Waals surface area contributed by atoms with Gasteiger partial charge in [-0.05, 0) is 172 Å². The van der Waals surface area contributed by atoms with Crippen LogP contribution in [0, 0.1) is 0 Å². The molecule has 4 heterocycles. The molecule has 0 atom stereocenters. The van der Waals surface area contributed by atoms with Crippen LogP contribution in [0.4, 0.5) is 0 Å². The molecule has 4 nitrogen and oxygen atoms in total. The summed E-state index contributed by atoms with van der Waals surface area (Å²) in [6, 6.07) is 54.7. The molecule has 0 saturated carbocycles. The predicted molar refractivity (Wildman–Crippen MR) is 273 cm³/mol. The molecule has 0 bridgehead atoms. The second-order valence-electron chi connectivity index (χ2n) is 19.9. The fourth-order valence-corrected chi connectivity index (χ4v) is 12.3. The third-order valence-corrected chi connectivity index (χ3v) is 15.6. The van der Waals surface area contributed by atoms with Crippen molar-refractivity contribution in [1.29, 1.82) is 0 Å². The van der Waals surface area contributed by atoms with E-state index in [2.05, 4.69) is 171 Å².